The van der Waals surface area contributed by atoms with E-state index in [1.54, 1.807) is 12.4 Å². The first-order chi connectivity index (χ1) is 17.7. The van der Waals surface area contributed by atoms with Crippen LogP contribution >= 0.6 is 0 Å². The Hall–Kier alpha value is -3.96. The van der Waals surface area contributed by atoms with Gasteiger partial charge >= 0.3 is 0 Å². The molecule has 1 N–H and O–H groups in total. The number of morpholine rings is 1. The van der Waals surface area contributed by atoms with Gasteiger partial charge < -0.3 is 19.7 Å². The highest BCUT2D eigenvalue weighted by Gasteiger charge is 2.22. The van der Waals surface area contributed by atoms with Crippen LogP contribution in [0.15, 0.2) is 48.8 Å². The normalized spacial score (nSPS) is 13.8. The predicted molar refractivity (Wildman–Crippen MR) is 144 cm³/mol. The minimum absolute atomic E-state index is 0.00851. The minimum atomic E-state index is -0.657. The molecule has 0 saturated carbocycles. The van der Waals surface area contributed by atoms with Gasteiger partial charge in [-0.2, -0.15) is 5.26 Å². The number of hydrogen-bond acceptors (Lipinski definition) is 7. The lowest BCUT2D eigenvalue weighted by atomic mass is 9.86. The number of anilines is 2. The van der Waals surface area contributed by atoms with Crippen molar-refractivity contribution in [3.63, 3.8) is 0 Å². The van der Waals surface area contributed by atoms with Crippen LogP contribution in [0.5, 0.6) is 5.88 Å². The monoisotopic (exact) mass is 499 g/mol. The van der Waals surface area contributed by atoms with E-state index in [4.69, 9.17) is 9.47 Å². The van der Waals surface area contributed by atoms with Crippen LogP contribution in [-0.4, -0.2) is 48.3 Å². The third-order valence-corrected chi connectivity index (χ3v) is 6.31. The number of amides is 1. The summed E-state index contributed by atoms with van der Waals surface area (Å²) < 4.78 is 11.5. The summed E-state index contributed by atoms with van der Waals surface area (Å²) >= 11 is 0. The summed E-state index contributed by atoms with van der Waals surface area (Å²) in [5, 5.41) is 12.4. The van der Waals surface area contributed by atoms with Gasteiger partial charge in [-0.3, -0.25) is 9.78 Å². The number of nitrogens with zero attached hydrogens (tertiary/aromatic N) is 4. The van der Waals surface area contributed by atoms with Crippen LogP contribution in [-0.2, 0) is 10.2 Å². The van der Waals surface area contributed by atoms with Crippen molar-refractivity contribution in [3.8, 4) is 23.1 Å². The Balaban J connectivity index is 1.64. The molecule has 3 aromatic rings. The van der Waals surface area contributed by atoms with Gasteiger partial charge in [0.05, 0.1) is 36.4 Å². The maximum atomic E-state index is 13.2. The maximum absolute atomic E-state index is 13.2. The number of carbonyl (C=O) groups is 1. The molecule has 3 heterocycles. The molecule has 0 radical (unpaired) electrons. The van der Waals surface area contributed by atoms with Gasteiger partial charge in [0.25, 0.3) is 5.91 Å². The third kappa shape index (κ3) is 6.07. The lowest BCUT2D eigenvalue weighted by Crippen LogP contribution is -2.36. The third-order valence-electron chi connectivity index (χ3n) is 6.31. The fourth-order valence-electron chi connectivity index (χ4n) is 4.14. The molecule has 0 spiro atoms. The summed E-state index contributed by atoms with van der Waals surface area (Å²) in [7, 11) is 0. The molecule has 1 saturated heterocycles. The van der Waals surface area contributed by atoms with Crippen molar-refractivity contribution in [1.82, 2.24) is 9.97 Å². The molecule has 0 atom stereocenters. The Kier molecular flexibility index (Phi) is 7.74. The lowest BCUT2D eigenvalue weighted by Gasteiger charge is -2.30. The average Bonchev–Trinajstić information content (AvgIpc) is 2.89. The van der Waals surface area contributed by atoms with Crippen LogP contribution in [0, 0.1) is 18.3 Å². The van der Waals surface area contributed by atoms with E-state index in [-0.39, 0.29) is 12.0 Å². The van der Waals surface area contributed by atoms with Gasteiger partial charge in [0.1, 0.15) is 5.69 Å². The zero-order chi connectivity index (χ0) is 26.6. The number of nitrogens with one attached hydrogen (secondary N) is 1. The van der Waals surface area contributed by atoms with E-state index in [0.29, 0.717) is 30.3 Å². The molecule has 1 aliphatic heterocycles. The van der Waals surface area contributed by atoms with Gasteiger partial charge in [0.15, 0.2) is 0 Å². The first kappa shape index (κ1) is 26.1. The topological polar surface area (TPSA) is 100 Å². The van der Waals surface area contributed by atoms with Gasteiger partial charge in [-0.25, -0.2) is 4.98 Å². The van der Waals surface area contributed by atoms with Gasteiger partial charge in [-0.05, 0) is 64.4 Å². The summed E-state index contributed by atoms with van der Waals surface area (Å²) in [6.45, 7) is 12.4. The Morgan fingerprint density at radius 3 is 2.62 bits per heavy atom. The average molecular weight is 500 g/mol. The first-order valence-electron chi connectivity index (χ1n) is 12.5. The molecule has 0 aliphatic carbocycles. The second kappa shape index (κ2) is 11.0. The van der Waals surface area contributed by atoms with Crippen molar-refractivity contribution in [2.24, 2.45) is 0 Å². The highest BCUT2D eigenvalue weighted by molar-refractivity contribution is 6.04. The van der Waals surface area contributed by atoms with Crippen molar-refractivity contribution >= 4 is 17.3 Å². The number of nitriles is 1. The Morgan fingerprint density at radius 2 is 1.92 bits per heavy atom. The smallest absolute Gasteiger partial charge is 0.257 e. The van der Waals surface area contributed by atoms with E-state index in [2.05, 4.69) is 32.3 Å². The molecule has 0 unspecified atom stereocenters. The van der Waals surface area contributed by atoms with E-state index in [0.717, 1.165) is 41.2 Å². The van der Waals surface area contributed by atoms with Crippen LogP contribution in [0.4, 0.5) is 11.4 Å². The number of benzene rings is 1. The fourth-order valence-corrected chi connectivity index (χ4v) is 4.14. The standard InChI is InChI=1S/C29H33N5O3/c1-19(2)37-28-26(34-9-11-36-12-10-34)14-21(16-32-28)25-13-22(17-31-20(25)3)27(35)33-24-8-6-7-23(15-24)29(4,5)18-30/h6-8,13-17,19H,9-12H2,1-5H3,(H,33,35). The Bertz CT molecular complexity index is 1320. The van der Waals surface area contributed by atoms with Crippen molar-refractivity contribution in [3.05, 3.63) is 65.6 Å². The quantitative estimate of drug-likeness (QED) is 0.481. The molecule has 1 fully saturated rings. The number of rotatable bonds is 7. The van der Waals surface area contributed by atoms with Crippen molar-refractivity contribution < 1.29 is 14.3 Å². The summed E-state index contributed by atoms with van der Waals surface area (Å²) in [5.41, 5.74) is 4.61. The Morgan fingerprint density at radius 1 is 1.16 bits per heavy atom. The van der Waals surface area contributed by atoms with Crippen LogP contribution in [0.1, 0.15) is 49.3 Å². The lowest BCUT2D eigenvalue weighted by molar-refractivity contribution is 0.102. The summed E-state index contributed by atoms with van der Waals surface area (Å²) in [6, 6.07) is 13.5. The van der Waals surface area contributed by atoms with E-state index in [1.165, 1.54) is 0 Å². The number of hydrogen-bond donors (Lipinski definition) is 1. The largest absolute Gasteiger partial charge is 0.473 e. The van der Waals surface area contributed by atoms with Crippen molar-refractivity contribution in [2.45, 2.75) is 46.1 Å². The number of pyridine rings is 2. The van der Waals surface area contributed by atoms with Crippen LogP contribution in [0.3, 0.4) is 0 Å². The zero-order valence-electron chi connectivity index (χ0n) is 22.0. The van der Waals surface area contributed by atoms with E-state index < -0.39 is 5.41 Å². The molecule has 37 heavy (non-hydrogen) atoms. The molecular weight excluding hydrogens is 466 g/mol. The number of aryl methyl sites for hydroxylation is 1. The predicted octanol–water partition coefficient (Wildman–Crippen LogP) is 5.13. The molecule has 4 rings (SSSR count). The zero-order valence-corrected chi connectivity index (χ0v) is 22.0. The van der Waals surface area contributed by atoms with E-state index >= 15 is 0 Å². The molecule has 1 aliphatic rings. The van der Waals surface area contributed by atoms with Gasteiger partial charge in [0.2, 0.25) is 5.88 Å². The number of aromatic nitrogens is 2. The van der Waals surface area contributed by atoms with Gasteiger partial charge in [-0.1, -0.05) is 12.1 Å². The summed E-state index contributed by atoms with van der Waals surface area (Å²) in [4.78, 5) is 24.5. The number of carbonyl (C=O) groups excluding carboxylic acids is 1. The van der Waals surface area contributed by atoms with E-state index in [9.17, 15) is 10.1 Å². The number of ether oxygens (including phenoxy) is 2. The van der Waals surface area contributed by atoms with Crippen molar-refractivity contribution in [1.29, 1.82) is 5.26 Å². The SMILES string of the molecule is Cc1ncc(C(=O)Nc2cccc(C(C)(C)C#N)c2)cc1-c1cnc(OC(C)C)c(N2CCOCC2)c1. The van der Waals surface area contributed by atoms with Crippen molar-refractivity contribution in [2.75, 3.05) is 36.5 Å². The molecule has 1 aromatic carbocycles. The van der Waals surface area contributed by atoms with Crippen LogP contribution in [0.2, 0.25) is 0 Å². The summed E-state index contributed by atoms with van der Waals surface area (Å²) in [6.07, 6.45) is 3.33. The van der Waals surface area contributed by atoms with Gasteiger partial charge in [0, 0.05) is 48.0 Å². The second-order valence-electron chi connectivity index (χ2n) is 9.94. The van der Waals surface area contributed by atoms with Crippen LogP contribution < -0.4 is 15.0 Å². The molecule has 8 nitrogen and oxygen atoms in total. The van der Waals surface area contributed by atoms with Crippen LogP contribution in [0.25, 0.3) is 11.1 Å². The molecule has 2 aromatic heterocycles. The maximum Gasteiger partial charge on any atom is 0.257 e. The molecule has 0 bridgehead atoms. The highest BCUT2D eigenvalue weighted by Crippen LogP contribution is 2.34. The first-order valence-corrected chi connectivity index (χ1v) is 12.5. The molecule has 192 valence electrons. The van der Waals surface area contributed by atoms with E-state index in [1.807, 2.05) is 65.0 Å². The molecular formula is C29H33N5O3. The second-order valence-corrected chi connectivity index (χ2v) is 9.94. The molecule has 8 heteroatoms. The molecule has 1 amide bonds. The Labute approximate surface area is 218 Å². The fraction of sp³-hybridized carbons (Fsp3) is 0.379. The highest BCUT2D eigenvalue weighted by atomic mass is 16.5. The van der Waals surface area contributed by atoms with Gasteiger partial charge in [-0.15, -0.1) is 0 Å². The summed E-state index contributed by atoms with van der Waals surface area (Å²) in [5.74, 6) is 0.308. The minimum Gasteiger partial charge on any atom is -0.473 e.